The van der Waals surface area contributed by atoms with E-state index in [1.165, 1.54) is 16.8 Å². The molecular formula is C27H30N2O3. The van der Waals surface area contributed by atoms with Crippen LogP contribution in [0.1, 0.15) is 16.7 Å². The summed E-state index contributed by atoms with van der Waals surface area (Å²) in [5, 5.41) is 0. The Bertz CT molecular complexity index is 1030. The van der Waals surface area contributed by atoms with Gasteiger partial charge in [-0.2, -0.15) is 0 Å². The van der Waals surface area contributed by atoms with Gasteiger partial charge in [-0.05, 0) is 60.9 Å². The molecule has 0 spiro atoms. The number of amides is 1. The Hall–Kier alpha value is -3.47. The summed E-state index contributed by atoms with van der Waals surface area (Å²) in [7, 11) is 0. The zero-order valence-corrected chi connectivity index (χ0v) is 18.8. The molecule has 166 valence electrons. The van der Waals surface area contributed by atoms with Crippen LogP contribution in [0.4, 0.5) is 5.69 Å². The molecule has 1 aliphatic heterocycles. The number of hydrogen-bond donors (Lipinski definition) is 0. The van der Waals surface area contributed by atoms with E-state index in [0.717, 1.165) is 24.4 Å². The fourth-order valence-corrected chi connectivity index (χ4v) is 3.88. The fraction of sp³-hybridized carbons (Fsp3) is 0.296. The molecule has 4 rings (SSSR count). The van der Waals surface area contributed by atoms with Crippen molar-refractivity contribution in [1.82, 2.24) is 4.90 Å². The number of piperazine rings is 1. The van der Waals surface area contributed by atoms with Crippen molar-refractivity contribution in [1.29, 1.82) is 0 Å². The zero-order chi connectivity index (χ0) is 22.3. The van der Waals surface area contributed by atoms with Crippen LogP contribution in [0.2, 0.25) is 0 Å². The molecular weight excluding hydrogens is 400 g/mol. The second-order valence-electron chi connectivity index (χ2n) is 8.12. The molecule has 1 heterocycles. The Labute approximate surface area is 190 Å². The van der Waals surface area contributed by atoms with Crippen LogP contribution in [0.15, 0.2) is 72.8 Å². The van der Waals surface area contributed by atoms with Gasteiger partial charge in [-0.3, -0.25) is 4.79 Å². The number of rotatable bonds is 7. The smallest absolute Gasteiger partial charge is 0.260 e. The standard InChI is InChI=1S/C27H30N2O3/c1-21-7-6-10-26(22(21)2)28-15-17-29(18-16-28)27(30)20-32-25-13-11-24(12-14-25)31-19-23-8-4-3-5-9-23/h3-14H,15-20H2,1-2H3. The van der Waals surface area contributed by atoms with Crippen LogP contribution in [-0.4, -0.2) is 43.6 Å². The maximum absolute atomic E-state index is 12.6. The second-order valence-corrected chi connectivity index (χ2v) is 8.12. The van der Waals surface area contributed by atoms with Gasteiger partial charge in [0, 0.05) is 31.9 Å². The van der Waals surface area contributed by atoms with Crippen molar-refractivity contribution >= 4 is 11.6 Å². The highest BCUT2D eigenvalue weighted by Gasteiger charge is 2.22. The van der Waals surface area contributed by atoms with Gasteiger partial charge in [-0.25, -0.2) is 0 Å². The lowest BCUT2D eigenvalue weighted by Gasteiger charge is -2.37. The lowest BCUT2D eigenvalue weighted by Crippen LogP contribution is -2.50. The third-order valence-electron chi connectivity index (χ3n) is 5.98. The van der Waals surface area contributed by atoms with Crippen molar-refractivity contribution < 1.29 is 14.3 Å². The molecule has 3 aromatic carbocycles. The quantitative estimate of drug-likeness (QED) is 0.549. The predicted octanol–water partition coefficient (Wildman–Crippen LogP) is 4.61. The van der Waals surface area contributed by atoms with Crippen LogP contribution in [0.3, 0.4) is 0 Å². The largest absolute Gasteiger partial charge is 0.489 e. The molecule has 0 saturated carbocycles. The normalized spacial score (nSPS) is 13.7. The van der Waals surface area contributed by atoms with E-state index >= 15 is 0 Å². The Balaban J connectivity index is 1.22. The van der Waals surface area contributed by atoms with Gasteiger partial charge < -0.3 is 19.3 Å². The Morgan fingerprint density at radius 3 is 2.12 bits per heavy atom. The summed E-state index contributed by atoms with van der Waals surface area (Å²) >= 11 is 0. The third kappa shape index (κ3) is 5.41. The fourth-order valence-electron chi connectivity index (χ4n) is 3.88. The van der Waals surface area contributed by atoms with Crippen LogP contribution >= 0.6 is 0 Å². The summed E-state index contributed by atoms with van der Waals surface area (Å²) in [5.74, 6) is 1.46. The van der Waals surface area contributed by atoms with E-state index in [9.17, 15) is 4.79 Å². The minimum absolute atomic E-state index is 0.0232. The van der Waals surface area contributed by atoms with Gasteiger partial charge in [0.25, 0.3) is 5.91 Å². The highest BCUT2D eigenvalue weighted by Crippen LogP contribution is 2.24. The van der Waals surface area contributed by atoms with E-state index in [0.29, 0.717) is 25.4 Å². The molecule has 1 saturated heterocycles. The minimum Gasteiger partial charge on any atom is -0.489 e. The van der Waals surface area contributed by atoms with Crippen molar-refractivity contribution in [2.24, 2.45) is 0 Å². The van der Waals surface area contributed by atoms with E-state index in [-0.39, 0.29) is 12.5 Å². The van der Waals surface area contributed by atoms with Crippen molar-refractivity contribution in [2.45, 2.75) is 20.5 Å². The number of aryl methyl sites for hydroxylation is 1. The van der Waals surface area contributed by atoms with Crippen LogP contribution in [0.25, 0.3) is 0 Å². The highest BCUT2D eigenvalue weighted by atomic mass is 16.5. The lowest BCUT2D eigenvalue weighted by molar-refractivity contribution is -0.133. The lowest BCUT2D eigenvalue weighted by atomic mass is 10.1. The maximum Gasteiger partial charge on any atom is 0.260 e. The first kappa shape index (κ1) is 21.8. The first-order chi connectivity index (χ1) is 15.6. The van der Waals surface area contributed by atoms with E-state index in [2.05, 4.69) is 36.9 Å². The van der Waals surface area contributed by atoms with Crippen molar-refractivity contribution in [2.75, 3.05) is 37.7 Å². The molecule has 3 aromatic rings. The van der Waals surface area contributed by atoms with E-state index in [1.54, 1.807) is 0 Å². The van der Waals surface area contributed by atoms with Gasteiger partial charge in [0.1, 0.15) is 18.1 Å². The molecule has 0 atom stereocenters. The molecule has 0 aromatic heterocycles. The monoisotopic (exact) mass is 430 g/mol. The first-order valence-corrected chi connectivity index (χ1v) is 11.1. The second kappa shape index (κ2) is 10.2. The van der Waals surface area contributed by atoms with Gasteiger partial charge in [-0.1, -0.05) is 42.5 Å². The average molecular weight is 431 g/mol. The number of benzene rings is 3. The van der Waals surface area contributed by atoms with Crippen LogP contribution in [-0.2, 0) is 11.4 Å². The van der Waals surface area contributed by atoms with Gasteiger partial charge >= 0.3 is 0 Å². The molecule has 5 nitrogen and oxygen atoms in total. The molecule has 0 unspecified atom stereocenters. The summed E-state index contributed by atoms with van der Waals surface area (Å²) < 4.78 is 11.5. The molecule has 5 heteroatoms. The average Bonchev–Trinajstić information content (AvgIpc) is 2.84. The summed E-state index contributed by atoms with van der Waals surface area (Å²) in [5.41, 5.74) is 5.00. The number of carbonyl (C=O) groups is 1. The van der Waals surface area contributed by atoms with Crippen LogP contribution in [0.5, 0.6) is 11.5 Å². The van der Waals surface area contributed by atoms with Gasteiger partial charge in [-0.15, -0.1) is 0 Å². The molecule has 0 bridgehead atoms. The SMILES string of the molecule is Cc1cccc(N2CCN(C(=O)COc3ccc(OCc4ccccc4)cc3)CC2)c1C. The Morgan fingerprint density at radius 1 is 0.781 bits per heavy atom. The summed E-state index contributed by atoms with van der Waals surface area (Å²) in [4.78, 5) is 16.9. The van der Waals surface area contributed by atoms with Gasteiger partial charge in [0.05, 0.1) is 0 Å². The van der Waals surface area contributed by atoms with E-state index in [4.69, 9.17) is 9.47 Å². The van der Waals surface area contributed by atoms with Crippen molar-refractivity contribution in [3.63, 3.8) is 0 Å². The van der Waals surface area contributed by atoms with E-state index in [1.807, 2.05) is 59.5 Å². The molecule has 0 N–H and O–H groups in total. The summed E-state index contributed by atoms with van der Waals surface area (Å²) in [6, 6.07) is 23.9. The first-order valence-electron chi connectivity index (χ1n) is 11.1. The topological polar surface area (TPSA) is 42.0 Å². The molecule has 1 fully saturated rings. The third-order valence-corrected chi connectivity index (χ3v) is 5.98. The summed E-state index contributed by atoms with van der Waals surface area (Å²) in [6.07, 6.45) is 0. The minimum atomic E-state index is 0.0232. The zero-order valence-electron chi connectivity index (χ0n) is 18.8. The molecule has 1 amide bonds. The number of carbonyl (C=O) groups excluding carboxylic acids is 1. The number of hydrogen-bond acceptors (Lipinski definition) is 4. The number of anilines is 1. The van der Waals surface area contributed by atoms with Crippen molar-refractivity contribution in [3.8, 4) is 11.5 Å². The molecule has 1 aliphatic rings. The number of ether oxygens (including phenoxy) is 2. The van der Waals surface area contributed by atoms with Crippen molar-refractivity contribution in [3.05, 3.63) is 89.5 Å². The summed E-state index contributed by atoms with van der Waals surface area (Å²) in [6.45, 7) is 7.96. The predicted molar refractivity (Wildman–Crippen MR) is 127 cm³/mol. The maximum atomic E-state index is 12.6. The van der Waals surface area contributed by atoms with Crippen LogP contribution in [0, 0.1) is 13.8 Å². The highest BCUT2D eigenvalue weighted by molar-refractivity contribution is 5.78. The number of nitrogens with zero attached hydrogens (tertiary/aromatic N) is 2. The van der Waals surface area contributed by atoms with Crippen LogP contribution < -0.4 is 14.4 Å². The van der Waals surface area contributed by atoms with Gasteiger partial charge in [0.2, 0.25) is 0 Å². The van der Waals surface area contributed by atoms with E-state index < -0.39 is 0 Å². The molecule has 0 radical (unpaired) electrons. The Kier molecular flexibility index (Phi) is 6.95. The molecule has 0 aliphatic carbocycles. The molecule has 32 heavy (non-hydrogen) atoms. The van der Waals surface area contributed by atoms with Gasteiger partial charge in [0.15, 0.2) is 6.61 Å². The Morgan fingerprint density at radius 2 is 1.44 bits per heavy atom.